The number of rotatable bonds is 4. The molecule has 150 valence electrons. The molecule has 0 bridgehead atoms. The summed E-state index contributed by atoms with van der Waals surface area (Å²) >= 11 is 0. The van der Waals surface area contributed by atoms with Gasteiger partial charge in [-0.15, -0.1) is 0 Å². The van der Waals surface area contributed by atoms with E-state index in [1.165, 1.54) is 0 Å². The Bertz CT molecular complexity index is 998. The average Bonchev–Trinajstić information content (AvgIpc) is 2.99. The van der Waals surface area contributed by atoms with Gasteiger partial charge in [0.15, 0.2) is 17.3 Å². The quantitative estimate of drug-likeness (QED) is 0.731. The lowest BCUT2D eigenvalue weighted by molar-refractivity contribution is -0.122. The lowest BCUT2D eigenvalue weighted by atomic mass is 9.66. The summed E-state index contributed by atoms with van der Waals surface area (Å²) in [5.41, 5.74) is 2.53. The number of nitrogens with zero attached hydrogens (tertiary/aromatic N) is 1. The summed E-state index contributed by atoms with van der Waals surface area (Å²) in [7, 11) is 0. The number of ether oxygens (including phenoxy) is 2. The summed E-state index contributed by atoms with van der Waals surface area (Å²) in [6, 6.07) is 11.7. The standard InChI is InChI=1S/C24H25NO4/c1-2-3-6-11-25-19-8-5-4-7-17(19)24(23(25)27)10-9-20(26)16-14-21-22(15-18(16)24)29-13-12-28-21/h4-5,7-8,14-15H,2-3,6,9-13H2,1H3. The molecule has 1 unspecified atom stereocenters. The minimum absolute atomic E-state index is 0.0670. The molecule has 0 aromatic heterocycles. The van der Waals surface area contributed by atoms with Crippen molar-refractivity contribution < 1.29 is 19.1 Å². The van der Waals surface area contributed by atoms with E-state index in [1.54, 1.807) is 6.07 Å². The number of ketones is 1. The number of amides is 1. The molecule has 1 spiro atoms. The predicted octanol–water partition coefficient (Wildman–Crippen LogP) is 4.26. The van der Waals surface area contributed by atoms with Crippen molar-refractivity contribution in [1.29, 1.82) is 0 Å². The molecule has 1 amide bonds. The van der Waals surface area contributed by atoms with E-state index >= 15 is 0 Å². The van der Waals surface area contributed by atoms with Crippen LogP contribution in [0.2, 0.25) is 0 Å². The molecule has 2 heterocycles. The van der Waals surface area contributed by atoms with E-state index in [4.69, 9.17) is 9.47 Å². The zero-order chi connectivity index (χ0) is 20.0. The van der Waals surface area contributed by atoms with Crippen molar-refractivity contribution in [2.45, 2.75) is 44.4 Å². The molecule has 5 rings (SSSR count). The minimum Gasteiger partial charge on any atom is -0.486 e. The van der Waals surface area contributed by atoms with Crippen molar-refractivity contribution in [2.75, 3.05) is 24.7 Å². The summed E-state index contributed by atoms with van der Waals surface area (Å²) in [6.45, 7) is 3.81. The Morgan fingerprint density at radius 1 is 1.00 bits per heavy atom. The van der Waals surface area contributed by atoms with Gasteiger partial charge >= 0.3 is 0 Å². The highest BCUT2D eigenvalue weighted by atomic mass is 16.6. The molecule has 2 aromatic rings. The fourth-order valence-corrected chi connectivity index (χ4v) is 5.01. The van der Waals surface area contributed by atoms with Gasteiger partial charge in [-0.1, -0.05) is 38.0 Å². The second-order valence-electron chi connectivity index (χ2n) is 8.05. The smallest absolute Gasteiger partial charge is 0.242 e. The van der Waals surface area contributed by atoms with Crippen LogP contribution < -0.4 is 14.4 Å². The Morgan fingerprint density at radius 3 is 2.55 bits per heavy atom. The number of hydrogen-bond acceptors (Lipinski definition) is 4. The first-order valence-corrected chi connectivity index (χ1v) is 10.6. The zero-order valence-electron chi connectivity index (χ0n) is 16.7. The van der Waals surface area contributed by atoms with Crippen LogP contribution in [0, 0.1) is 0 Å². The molecule has 0 saturated carbocycles. The van der Waals surface area contributed by atoms with Crippen LogP contribution in [0.5, 0.6) is 11.5 Å². The van der Waals surface area contributed by atoms with Gasteiger partial charge in [0.1, 0.15) is 18.6 Å². The summed E-state index contributed by atoms with van der Waals surface area (Å²) in [5.74, 6) is 1.37. The Hall–Kier alpha value is -2.82. The van der Waals surface area contributed by atoms with E-state index in [0.29, 0.717) is 49.7 Å². The van der Waals surface area contributed by atoms with Crippen molar-refractivity contribution >= 4 is 17.4 Å². The molecule has 5 nitrogen and oxygen atoms in total. The van der Waals surface area contributed by atoms with E-state index in [-0.39, 0.29) is 11.7 Å². The fraction of sp³-hybridized carbons (Fsp3) is 0.417. The van der Waals surface area contributed by atoms with Gasteiger partial charge < -0.3 is 14.4 Å². The van der Waals surface area contributed by atoms with Gasteiger partial charge in [0.25, 0.3) is 0 Å². The number of Topliss-reactive ketones (excluding diaryl/α,β-unsaturated/α-hetero) is 1. The van der Waals surface area contributed by atoms with E-state index in [1.807, 2.05) is 35.2 Å². The number of unbranched alkanes of at least 4 members (excludes halogenated alkanes) is 2. The average molecular weight is 391 g/mol. The van der Waals surface area contributed by atoms with E-state index in [0.717, 1.165) is 36.1 Å². The molecular formula is C24H25NO4. The zero-order valence-corrected chi connectivity index (χ0v) is 16.7. The first-order valence-electron chi connectivity index (χ1n) is 10.6. The third-order valence-corrected chi connectivity index (χ3v) is 6.42. The van der Waals surface area contributed by atoms with E-state index in [9.17, 15) is 9.59 Å². The van der Waals surface area contributed by atoms with Gasteiger partial charge in [-0.05, 0) is 42.2 Å². The Morgan fingerprint density at radius 2 is 1.76 bits per heavy atom. The lowest BCUT2D eigenvalue weighted by Crippen LogP contribution is -2.45. The van der Waals surface area contributed by atoms with Crippen LogP contribution in [-0.4, -0.2) is 31.4 Å². The van der Waals surface area contributed by atoms with Gasteiger partial charge in [-0.3, -0.25) is 9.59 Å². The second kappa shape index (κ2) is 6.90. The van der Waals surface area contributed by atoms with Gasteiger partial charge in [0.05, 0.1) is 0 Å². The molecule has 0 radical (unpaired) electrons. The van der Waals surface area contributed by atoms with Crippen LogP contribution >= 0.6 is 0 Å². The second-order valence-corrected chi connectivity index (χ2v) is 8.05. The normalized spacial score (nSPS) is 22.0. The van der Waals surface area contributed by atoms with Crippen molar-refractivity contribution in [1.82, 2.24) is 0 Å². The van der Waals surface area contributed by atoms with Gasteiger partial charge in [-0.2, -0.15) is 0 Å². The van der Waals surface area contributed by atoms with Gasteiger partial charge in [0.2, 0.25) is 5.91 Å². The third kappa shape index (κ3) is 2.60. The van der Waals surface area contributed by atoms with Crippen molar-refractivity contribution in [3.63, 3.8) is 0 Å². The van der Waals surface area contributed by atoms with Crippen molar-refractivity contribution in [2.24, 2.45) is 0 Å². The molecule has 0 fully saturated rings. The highest BCUT2D eigenvalue weighted by Gasteiger charge is 2.55. The van der Waals surface area contributed by atoms with Crippen LogP contribution in [0.1, 0.15) is 60.5 Å². The van der Waals surface area contributed by atoms with Crippen molar-refractivity contribution in [3.05, 3.63) is 53.1 Å². The Labute approximate surface area is 170 Å². The maximum atomic E-state index is 13.9. The number of benzene rings is 2. The summed E-state index contributed by atoms with van der Waals surface area (Å²) < 4.78 is 11.5. The Balaban J connectivity index is 1.68. The number of hydrogen-bond donors (Lipinski definition) is 0. The number of fused-ring (bicyclic) bond motifs is 5. The number of carbonyl (C=O) groups is 2. The maximum absolute atomic E-state index is 13.9. The summed E-state index contributed by atoms with van der Waals surface area (Å²) in [5, 5.41) is 0. The molecular weight excluding hydrogens is 366 g/mol. The molecule has 0 N–H and O–H groups in total. The number of anilines is 1. The topological polar surface area (TPSA) is 55.8 Å². The fourth-order valence-electron chi connectivity index (χ4n) is 5.01. The van der Waals surface area contributed by atoms with Crippen LogP contribution in [0.3, 0.4) is 0 Å². The monoisotopic (exact) mass is 391 g/mol. The molecule has 1 atom stereocenters. The molecule has 1 aliphatic carbocycles. The van der Waals surface area contributed by atoms with Crippen LogP contribution in [-0.2, 0) is 10.2 Å². The molecule has 3 aliphatic rings. The molecule has 0 saturated heterocycles. The van der Waals surface area contributed by atoms with Crippen LogP contribution in [0.4, 0.5) is 5.69 Å². The largest absolute Gasteiger partial charge is 0.486 e. The summed E-state index contributed by atoms with van der Waals surface area (Å²) in [4.78, 5) is 28.6. The minimum atomic E-state index is -0.818. The highest BCUT2D eigenvalue weighted by molar-refractivity contribution is 6.14. The molecule has 29 heavy (non-hydrogen) atoms. The molecule has 5 heteroatoms. The van der Waals surface area contributed by atoms with Gasteiger partial charge in [0, 0.05) is 24.2 Å². The first-order chi connectivity index (χ1) is 14.2. The van der Waals surface area contributed by atoms with Crippen molar-refractivity contribution in [3.8, 4) is 11.5 Å². The summed E-state index contributed by atoms with van der Waals surface area (Å²) in [6.07, 6.45) is 4.02. The number of carbonyl (C=O) groups excluding carboxylic acids is 2. The van der Waals surface area contributed by atoms with E-state index in [2.05, 4.69) is 6.92 Å². The van der Waals surface area contributed by atoms with Crippen LogP contribution in [0.25, 0.3) is 0 Å². The maximum Gasteiger partial charge on any atom is 0.242 e. The highest BCUT2D eigenvalue weighted by Crippen LogP contribution is 2.53. The lowest BCUT2D eigenvalue weighted by Gasteiger charge is -2.35. The third-order valence-electron chi connectivity index (χ3n) is 6.42. The SMILES string of the molecule is CCCCCN1C(=O)C2(CCC(=O)c3cc4c(cc32)OCCO4)c2ccccc21. The molecule has 2 aliphatic heterocycles. The number of para-hydroxylation sites is 1. The first kappa shape index (κ1) is 18.2. The van der Waals surface area contributed by atoms with Gasteiger partial charge in [-0.25, -0.2) is 0 Å². The van der Waals surface area contributed by atoms with E-state index < -0.39 is 5.41 Å². The molecule has 2 aromatic carbocycles. The predicted molar refractivity (Wildman–Crippen MR) is 110 cm³/mol. The van der Waals surface area contributed by atoms with Crippen LogP contribution in [0.15, 0.2) is 36.4 Å². The Kier molecular flexibility index (Phi) is 4.34.